The van der Waals surface area contributed by atoms with Crippen molar-refractivity contribution in [2.45, 2.75) is 32.6 Å². The highest BCUT2D eigenvalue weighted by Gasteiger charge is 2.50. The Hall–Kier alpha value is -0.590. The zero-order chi connectivity index (χ0) is 8.06. The molecule has 0 aliphatic heterocycles. The topological polar surface area (TPSA) is 17.1 Å². The quantitative estimate of drug-likeness (QED) is 0.484. The molecule has 2 unspecified atom stereocenters. The molecule has 0 amide bonds. The Morgan fingerprint density at radius 3 is 2.82 bits per heavy atom. The van der Waals surface area contributed by atoms with Gasteiger partial charge in [-0.05, 0) is 24.7 Å². The van der Waals surface area contributed by atoms with Crippen molar-refractivity contribution in [1.82, 2.24) is 0 Å². The molecule has 0 radical (unpaired) electrons. The van der Waals surface area contributed by atoms with Crippen molar-refractivity contribution in [3.8, 4) is 0 Å². The summed E-state index contributed by atoms with van der Waals surface area (Å²) in [4.78, 5) is 11.4. The molecular formula is C10H14O. The van der Waals surface area contributed by atoms with Gasteiger partial charge in [0.05, 0.1) is 0 Å². The van der Waals surface area contributed by atoms with Gasteiger partial charge in [-0.2, -0.15) is 0 Å². The van der Waals surface area contributed by atoms with Crippen LogP contribution in [0.15, 0.2) is 12.2 Å². The summed E-state index contributed by atoms with van der Waals surface area (Å²) in [5.74, 6) is 0.672. The van der Waals surface area contributed by atoms with Gasteiger partial charge in [0, 0.05) is 12.3 Å². The number of ketones is 1. The smallest absolute Gasteiger partial charge is 0.140 e. The summed E-state index contributed by atoms with van der Waals surface area (Å²) in [6, 6.07) is 0. The zero-order valence-corrected chi connectivity index (χ0v) is 7.02. The number of rotatable bonds is 0. The largest absolute Gasteiger partial charge is 0.299 e. The summed E-state index contributed by atoms with van der Waals surface area (Å²) in [7, 11) is 0. The number of carbonyl (C=O) groups is 1. The van der Waals surface area contributed by atoms with Crippen LogP contribution in [-0.2, 0) is 4.79 Å². The summed E-state index contributed by atoms with van der Waals surface area (Å²) in [6.45, 7) is 6.15. The number of carbonyl (C=O) groups excluding carboxylic acids is 1. The van der Waals surface area contributed by atoms with Crippen LogP contribution in [0.2, 0.25) is 0 Å². The molecule has 2 aliphatic rings. The molecule has 2 rings (SSSR count). The molecule has 0 bridgehead atoms. The average molecular weight is 150 g/mol. The second kappa shape index (κ2) is 1.96. The minimum absolute atomic E-state index is 0.233. The lowest BCUT2D eigenvalue weighted by atomic mass is 9.52. The Bertz CT molecular complexity index is 229. The molecule has 0 aromatic carbocycles. The van der Waals surface area contributed by atoms with Crippen molar-refractivity contribution >= 4 is 5.78 Å². The third-order valence-corrected chi connectivity index (χ3v) is 3.23. The van der Waals surface area contributed by atoms with E-state index in [1.807, 2.05) is 0 Å². The molecule has 11 heavy (non-hydrogen) atoms. The van der Waals surface area contributed by atoms with Gasteiger partial charge in [0.1, 0.15) is 5.78 Å². The van der Waals surface area contributed by atoms with Gasteiger partial charge in [0.15, 0.2) is 0 Å². The summed E-state index contributed by atoms with van der Waals surface area (Å²) in [5.41, 5.74) is 1.49. The third kappa shape index (κ3) is 0.800. The van der Waals surface area contributed by atoms with E-state index in [0.29, 0.717) is 11.2 Å². The van der Waals surface area contributed by atoms with Crippen LogP contribution in [0, 0.1) is 11.3 Å². The van der Waals surface area contributed by atoms with E-state index in [-0.39, 0.29) is 5.92 Å². The molecule has 2 fully saturated rings. The Morgan fingerprint density at radius 2 is 2.36 bits per heavy atom. The third-order valence-electron chi connectivity index (χ3n) is 3.23. The molecule has 2 atom stereocenters. The van der Waals surface area contributed by atoms with E-state index < -0.39 is 0 Å². The molecule has 0 saturated heterocycles. The van der Waals surface area contributed by atoms with Gasteiger partial charge in [-0.3, -0.25) is 4.79 Å². The van der Waals surface area contributed by atoms with E-state index in [1.54, 1.807) is 0 Å². The maximum atomic E-state index is 11.4. The lowest BCUT2D eigenvalue weighted by molar-refractivity contribution is -0.131. The van der Waals surface area contributed by atoms with Crippen molar-refractivity contribution in [1.29, 1.82) is 0 Å². The first kappa shape index (κ1) is 7.08. The molecule has 1 heteroatoms. The van der Waals surface area contributed by atoms with Crippen LogP contribution < -0.4 is 0 Å². The number of allylic oxidation sites excluding steroid dienone is 1. The Kier molecular flexibility index (Phi) is 1.26. The molecule has 0 spiro atoms. The van der Waals surface area contributed by atoms with E-state index in [4.69, 9.17) is 0 Å². The van der Waals surface area contributed by atoms with Gasteiger partial charge in [0.2, 0.25) is 0 Å². The lowest BCUT2D eigenvalue weighted by Gasteiger charge is -2.51. The molecule has 0 aromatic rings. The van der Waals surface area contributed by atoms with Gasteiger partial charge in [-0.1, -0.05) is 19.1 Å². The summed E-state index contributed by atoms with van der Waals surface area (Å²) in [6.07, 6.45) is 4.20. The van der Waals surface area contributed by atoms with Gasteiger partial charge in [-0.15, -0.1) is 0 Å². The van der Waals surface area contributed by atoms with Gasteiger partial charge < -0.3 is 0 Å². The first-order chi connectivity index (χ1) is 5.13. The Morgan fingerprint density at radius 1 is 1.64 bits per heavy atom. The van der Waals surface area contributed by atoms with Crippen molar-refractivity contribution < 1.29 is 4.79 Å². The van der Waals surface area contributed by atoms with E-state index in [1.165, 1.54) is 12.0 Å². The number of Topliss-reactive ketones (excluding diaryl/α,β-unsaturated/α-hetero) is 1. The van der Waals surface area contributed by atoms with Crippen LogP contribution in [0.5, 0.6) is 0 Å². The maximum Gasteiger partial charge on any atom is 0.140 e. The van der Waals surface area contributed by atoms with Gasteiger partial charge >= 0.3 is 0 Å². The Balaban J connectivity index is 2.25. The average Bonchev–Trinajstić information content (AvgIpc) is 1.84. The lowest BCUT2D eigenvalue weighted by Crippen LogP contribution is -2.47. The van der Waals surface area contributed by atoms with Crippen LogP contribution in [0.3, 0.4) is 0 Å². The molecule has 0 N–H and O–H groups in total. The van der Waals surface area contributed by atoms with E-state index in [9.17, 15) is 4.79 Å². The zero-order valence-electron chi connectivity index (χ0n) is 7.02. The summed E-state index contributed by atoms with van der Waals surface area (Å²) < 4.78 is 0. The second-order valence-corrected chi connectivity index (χ2v) is 4.24. The maximum absolute atomic E-state index is 11.4. The molecule has 2 saturated carbocycles. The number of hydrogen-bond donors (Lipinski definition) is 0. The molecule has 0 heterocycles. The second-order valence-electron chi connectivity index (χ2n) is 4.24. The predicted octanol–water partition coefficient (Wildman–Crippen LogP) is 2.32. The van der Waals surface area contributed by atoms with Crippen LogP contribution in [-0.4, -0.2) is 5.78 Å². The van der Waals surface area contributed by atoms with Crippen LogP contribution >= 0.6 is 0 Å². The molecule has 60 valence electrons. The van der Waals surface area contributed by atoms with Gasteiger partial charge in [0.25, 0.3) is 0 Å². The fourth-order valence-electron chi connectivity index (χ4n) is 2.74. The highest BCUT2D eigenvalue weighted by molar-refractivity contribution is 5.87. The predicted molar refractivity (Wildman–Crippen MR) is 44.2 cm³/mol. The Labute approximate surface area is 67.5 Å². The van der Waals surface area contributed by atoms with E-state index in [2.05, 4.69) is 13.5 Å². The van der Waals surface area contributed by atoms with Crippen LogP contribution in [0.1, 0.15) is 32.6 Å². The number of fused-ring (bicyclic) bond motifs is 1. The van der Waals surface area contributed by atoms with Crippen LogP contribution in [0.4, 0.5) is 0 Å². The van der Waals surface area contributed by atoms with Crippen LogP contribution in [0.25, 0.3) is 0 Å². The fraction of sp³-hybridized carbons (Fsp3) is 0.700. The SMILES string of the molecule is C=C1CC2(C)CCCC(=O)C12. The standard InChI is InChI=1S/C10H14O/c1-7-6-10(2)5-3-4-8(11)9(7)10/h9H,1,3-6H2,2H3. The van der Waals surface area contributed by atoms with Gasteiger partial charge in [-0.25, -0.2) is 0 Å². The fourth-order valence-corrected chi connectivity index (χ4v) is 2.74. The van der Waals surface area contributed by atoms with Crippen molar-refractivity contribution in [3.05, 3.63) is 12.2 Å². The summed E-state index contributed by atoms with van der Waals surface area (Å²) in [5, 5.41) is 0. The molecule has 2 aliphatic carbocycles. The molecule has 1 nitrogen and oxygen atoms in total. The molecular weight excluding hydrogens is 136 g/mol. The first-order valence-electron chi connectivity index (χ1n) is 4.34. The van der Waals surface area contributed by atoms with Crippen molar-refractivity contribution in [3.63, 3.8) is 0 Å². The molecule has 0 aromatic heterocycles. The first-order valence-corrected chi connectivity index (χ1v) is 4.34. The minimum atomic E-state index is 0.233. The minimum Gasteiger partial charge on any atom is -0.299 e. The summed E-state index contributed by atoms with van der Waals surface area (Å²) >= 11 is 0. The van der Waals surface area contributed by atoms with E-state index >= 15 is 0 Å². The van der Waals surface area contributed by atoms with E-state index in [0.717, 1.165) is 19.3 Å². The number of hydrogen-bond acceptors (Lipinski definition) is 1. The highest BCUT2D eigenvalue weighted by Crippen LogP contribution is 2.56. The van der Waals surface area contributed by atoms with Crippen molar-refractivity contribution in [2.75, 3.05) is 0 Å². The van der Waals surface area contributed by atoms with Crippen molar-refractivity contribution in [2.24, 2.45) is 11.3 Å². The normalized spacial score (nSPS) is 43.2. The highest BCUT2D eigenvalue weighted by atomic mass is 16.1. The monoisotopic (exact) mass is 150 g/mol.